The zero-order valence-electron chi connectivity index (χ0n) is 18.3. The number of alkyl carbamates (subject to hydrolysis) is 1. The lowest BCUT2D eigenvalue weighted by atomic mass is 9.95. The molecule has 9 heteroatoms. The first-order valence-corrected chi connectivity index (χ1v) is 11.0. The number of benzene rings is 2. The highest BCUT2D eigenvalue weighted by molar-refractivity contribution is 5.95. The van der Waals surface area contributed by atoms with Gasteiger partial charge in [0.2, 0.25) is 0 Å². The van der Waals surface area contributed by atoms with Crippen molar-refractivity contribution in [3.63, 3.8) is 0 Å². The number of carboxylic acids is 1. The summed E-state index contributed by atoms with van der Waals surface area (Å²) in [7, 11) is 0. The van der Waals surface area contributed by atoms with Crippen molar-refractivity contribution in [3.8, 4) is 11.1 Å². The molecule has 174 valence electrons. The van der Waals surface area contributed by atoms with E-state index in [-0.39, 0.29) is 42.9 Å². The maximum atomic E-state index is 12.7. The van der Waals surface area contributed by atoms with Gasteiger partial charge in [0.05, 0.1) is 13.0 Å². The van der Waals surface area contributed by atoms with Crippen LogP contribution in [-0.4, -0.2) is 52.8 Å². The standard InChI is InChI=1S/C25H23N3O6/c29-23(30)9-15-11-28(12-15)24(31)21-14-34-27-22(21)10-26-25(32)33-13-20-18-7-3-1-5-16(18)17-6-2-4-8-19(17)20/h1-8,14-15,20H,9-13H2,(H,26,32)(H,29,30). The Morgan fingerprint density at radius 1 is 1.06 bits per heavy atom. The minimum atomic E-state index is -0.880. The van der Waals surface area contributed by atoms with Gasteiger partial charge in [0.1, 0.15) is 24.1 Å². The van der Waals surface area contributed by atoms with Crippen molar-refractivity contribution in [2.24, 2.45) is 5.92 Å². The summed E-state index contributed by atoms with van der Waals surface area (Å²) < 4.78 is 10.5. The number of aromatic nitrogens is 1. The first-order chi connectivity index (χ1) is 16.5. The fourth-order valence-corrected chi connectivity index (χ4v) is 4.65. The number of hydrogen-bond acceptors (Lipinski definition) is 6. The van der Waals surface area contributed by atoms with Crippen molar-refractivity contribution in [1.82, 2.24) is 15.4 Å². The van der Waals surface area contributed by atoms with Gasteiger partial charge >= 0.3 is 12.1 Å². The molecule has 1 saturated heterocycles. The molecule has 0 atom stereocenters. The third-order valence-electron chi connectivity index (χ3n) is 6.33. The number of carbonyl (C=O) groups excluding carboxylic acids is 2. The van der Waals surface area contributed by atoms with Gasteiger partial charge in [0.15, 0.2) is 0 Å². The predicted octanol–water partition coefficient (Wildman–Crippen LogP) is 3.26. The second kappa shape index (κ2) is 9.01. The van der Waals surface area contributed by atoms with Crippen molar-refractivity contribution >= 4 is 18.0 Å². The molecule has 1 aliphatic heterocycles. The SMILES string of the molecule is O=C(O)CC1CN(C(=O)c2conc2CNC(=O)OCC2c3ccccc3-c3ccccc32)C1. The number of likely N-dealkylation sites (tertiary alicyclic amines) is 1. The molecule has 3 aromatic rings. The largest absolute Gasteiger partial charge is 0.481 e. The van der Waals surface area contributed by atoms with Crippen molar-refractivity contribution in [3.05, 3.63) is 77.2 Å². The average Bonchev–Trinajstić information content (AvgIpc) is 3.40. The smallest absolute Gasteiger partial charge is 0.407 e. The maximum absolute atomic E-state index is 12.7. The monoisotopic (exact) mass is 461 g/mol. The fourth-order valence-electron chi connectivity index (χ4n) is 4.65. The van der Waals surface area contributed by atoms with Crippen molar-refractivity contribution in [2.45, 2.75) is 18.9 Å². The summed E-state index contributed by atoms with van der Waals surface area (Å²) >= 11 is 0. The molecule has 2 heterocycles. The van der Waals surface area contributed by atoms with Crippen LogP contribution in [0, 0.1) is 5.92 Å². The normalized spacial score (nSPS) is 14.8. The minimum Gasteiger partial charge on any atom is -0.481 e. The van der Waals surface area contributed by atoms with E-state index in [1.165, 1.54) is 11.2 Å². The number of hydrogen-bond donors (Lipinski definition) is 2. The molecule has 2 N–H and O–H groups in total. The number of aliphatic carboxylic acids is 1. The molecule has 0 unspecified atom stereocenters. The topological polar surface area (TPSA) is 122 Å². The molecular formula is C25H23N3O6. The van der Waals surface area contributed by atoms with E-state index in [2.05, 4.69) is 22.6 Å². The van der Waals surface area contributed by atoms with Gasteiger partial charge in [-0.2, -0.15) is 0 Å². The summed E-state index contributed by atoms with van der Waals surface area (Å²) in [5.41, 5.74) is 5.07. The Bertz CT molecular complexity index is 1200. The second-order valence-electron chi connectivity index (χ2n) is 8.53. The van der Waals surface area contributed by atoms with Crippen LogP contribution in [0.1, 0.15) is 39.5 Å². The molecule has 1 aliphatic carbocycles. The average molecular weight is 461 g/mol. The van der Waals surface area contributed by atoms with Gasteiger partial charge in [-0.05, 0) is 22.3 Å². The van der Waals surface area contributed by atoms with E-state index in [9.17, 15) is 14.4 Å². The first kappa shape index (κ1) is 21.7. The van der Waals surface area contributed by atoms with E-state index in [1.807, 2.05) is 36.4 Å². The molecule has 34 heavy (non-hydrogen) atoms. The summed E-state index contributed by atoms with van der Waals surface area (Å²) in [6.07, 6.45) is 0.652. The van der Waals surface area contributed by atoms with Gasteiger partial charge < -0.3 is 24.6 Å². The van der Waals surface area contributed by atoms with Crippen molar-refractivity contribution < 1.29 is 28.8 Å². The van der Waals surface area contributed by atoms with E-state index in [1.54, 1.807) is 0 Å². The van der Waals surface area contributed by atoms with E-state index >= 15 is 0 Å². The molecule has 1 fully saturated rings. The summed E-state index contributed by atoms with van der Waals surface area (Å²) in [5, 5.41) is 15.3. The molecular weight excluding hydrogens is 438 g/mol. The summed E-state index contributed by atoms with van der Waals surface area (Å²) in [6, 6.07) is 16.2. The number of carboxylic acid groups (broad SMARTS) is 1. The summed E-state index contributed by atoms with van der Waals surface area (Å²) in [6.45, 7) is 0.898. The summed E-state index contributed by atoms with van der Waals surface area (Å²) in [4.78, 5) is 37.4. The maximum Gasteiger partial charge on any atom is 0.407 e. The number of fused-ring (bicyclic) bond motifs is 3. The van der Waals surface area contributed by atoms with Crippen LogP contribution < -0.4 is 5.32 Å². The van der Waals surface area contributed by atoms with Crippen molar-refractivity contribution in [1.29, 1.82) is 0 Å². The van der Waals surface area contributed by atoms with E-state index in [0.29, 0.717) is 18.8 Å². The van der Waals surface area contributed by atoms with Crippen molar-refractivity contribution in [2.75, 3.05) is 19.7 Å². The number of amides is 2. The zero-order valence-corrected chi connectivity index (χ0v) is 18.3. The van der Waals surface area contributed by atoms with E-state index in [4.69, 9.17) is 14.4 Å². The Labute approximate surface area is 195 Å². The molecule has 1 aromatic heterocycles. The highest BCUT2D eigenvalue weighted by Crippen LogP contribution is 2.44. The van der Waals surface area contributed by atoms with Crippen LogP contribution in [0.2, 0.25) is 0 Å². The zero-order chi connectivity index (χ0) is 23.7. The third kappa shape index (κ3) is 4.12. The van der Waals surface area contributed by atoms with Gasteiger partial charge in [-0.25, -0.2) is 4.79 Å². The number of rotatable bonds is 7. The number of nitrogens with zero attached hydrogens (tertiary/aromatic N) is 2. The van der Waals surface area contributed by atoms with E-state index in [0.717, 1.165) is 22.3 Å². The lowest BCUT2D eigenvalue weighted by Crippen LogP contribution is -2.50. The van der Waals surface area contributed by atoms with Gasteiger partial charge in [-0.1, -0.05) is 53.7 Å². The van der Waals surface area contributed by atoms with Crippen LogP contribution in [0.5, 0.6) is 0 Å². The quantitative estimate of drug-likeness (QED) is 0.554. The number of nitrogens with one attached hydrogen (secondary N) is 1. The molecule has 0 radical (unpaired) electrons. The molecule has 0 spiro atoms. The fraction of sp³-hybridized carbons (Fsp3) is 0.280. The van der Waals surface area contributed by atoms with Gasteiger partial charge in [0, 0.05) is 24.9 Å². The Hall–Kier alpha value is -4.14. The van der Waals surface area contributed by atoms with E-state index < -0.39 is 12.1 Å². The van der Waals surface area contributed by atoms with Gasteiger partial charge in [-0.15, -0.1) is 0 Å². The Morgan fingerprint density at radius 3 is 2.35 bits per heavy atom. The highest BCUT2D eigenvalue weighted by atomic mass is 16.5. The molecule has 2 aromatic carbocycles. The lowest BCUT2D eigenvalue weighted by molar-refractivity contribution is -0.139. The van der Waals surface area contributed by atoms with Gasteiger partial charge in [0.25, 0.3) is 5.91 Å². The summed E-state index contributed by atoms with van der Waals surface area (Å²) in [5.74, 6) is -1.28. The van der Waals surface area contributed by atoms with Crippen LogP contribution in [0.25, 0.3) is 11.1 Å². The molecule has 2 amide bonds. The highest BCUT2D eigenvalue weighted by Gasteiger charge is 2.34. The van der Waals surface area contributed by atoms with Crippen LogP contribution in [-0.2, 0) is 16.1 Å². The molecule has 9 nitrogen and oxygen atoms in total. The van der Waals surface area contributed by atoms with Crippen LogP contribution in [0.4, 0.5) is 4.79 Å². The van der Waals surface area contributed by atoms with Crippen LogP contribution in [0.15, 0.2) is 59.3 Å². The Balaban J connectivity index is 1.16. The van der Waals surface area contributed by atoms with Gasteiger partial charge in [-0.3, -0.25) is 9.59 Å². The minimum absolute atomic E-state index is 0.0271. The first-order valence-electron chi connectivity index (χ1n) is 11.0. The molecule has 0 saturated carbocycles. The Morgan fingerprint density at radius 2 is 1.71 bits per heavy atom. The van der Waals surface area contributed by atoms with Crippen LogP contribution >= 0.6 is 0 Å². The molecule has 2 aliphatic rings. The second-order valence-corrected chi connectivity index (χ2v) is 8.53. The third-order valence-corrected chi connectivity index (χ3v) is 6.33. The molecule has 0 bridgehead atoms. The predicted molar refractivity (Wildman–Crippen MR) is 120 cm³/mol. The number of carbonyl (C=O) groups is 3. The number of ether oxygens (including phenoxy) is 1. The lowest BCUT2D eigenvalue weighted by Gasteiger charge is -2.38. The molecule has 5 rings (SSSR count). The Kier molecular flexibility index (Phi) is 5.75. The van der Waals surface area contributed by atoms with Crippen LogP contribution in [0.3, 0.4) is 0 Å².